The predicted octanol–water partition coefficient (Wildman–Crippen LogP) is 4.14. The lowest BCUT2D eigenvalue weighted by Gasteiger charge is -2.08. The van der Waals surface area contributed by atoms with E-state index in [0.29, 0.717) is 28.4 Å². The quantitative estimate of drug-likeness (QED) is 0.587. The average Bonchev–Trinajstić information content (AvgIpc) is 3.20. The number of hydrogen-bond donors (Lipinski definition) is 1. The normalized spacial score (nSPS) is 10.3. The van der Waals surface area contributed by atoms with Crippen molar-refractivity contribution in [1.82, 2.24) is 4.98 Å². The highest BCUT2D eigenvalue weighted by molar-refractivity contribution is 7.13. The first-order chi connectivity index (χ1) is 14.0. The van der Waals surface area contributed by atoms with E-state index in [1.807, 2.05) is 23.6 Å². The molecule has 0 spiro atoms. The van der Waals surface area contributed by atoms with Gasteiger partial charge in [-0.3, -0.25) is 4.79 Å². The predicted molar refractivity (Wildman–Crippen MR) is 111 cm³/mol. The van der Waals surface area contributed by atoms with Crippen molar-refractivity contribution in [3.63, 3.8) is 0 Å². The van der Waals surface area contributed by atoms with Crippen molar-refractivity contribution < 1.29 is 23.8 Å². The van der Waals surface area contributed by atoms with Crippen molar-refractivity contribution in [2.24, 2.45) is 0 Å². The molecule has 0 unspecified atom stereocenters. The summed E-state index contributed by atoms with van der Waals surface area (Å²) in [5.41, 5.74) is 2.42. The molecule has 29 heavy (non-hydrogen) atoms. The third-order valence-electron chi connectivity index (χ3n) is 3.95. The molecule has 0 saturated heterocycles. The maximum Gasteiger partial charge on any atom is 0.338 e. The third-order valence-corrected chi connectivity index (χ3v) is 4.89. The number of benzene rings is 2. The van der Waals surface area contributed by atoms with Gasteiger partial charge in [-0.25, -0.2) is 9.78 Å². The molecule has 3 aromatic rings. The van der Waals surface area contributed by atoms with Gasteiger partial charge in [0.2, 0.25) is 5.91 Å². The zero-order valence-corrected chi connectivity index (χ0v) is 17.0. The van der Waals surface area contributed by atoms with E-state index in [4.69, 9.17) is 14.2 Å². The fourth-order valence-corrected chi connectivity index (χ4v) is 3.43. The van der Waals surface area contributed by atoms with Crippen LogP contribution in [0.1, 0.15) is 23.0 Å². The molecule has 1 N–H and O–H groups in total. The van der Waals surface area contributed by atoms with Crippen LogP contribution in [0.15, 0.2) is 47.8 Å². The molecule has 3 rings (SSSR count). The molecular weight excluding hydrogens is 392 g/mol. The molecule has 0 aliphatic heterocycles. The number of nitrogens with zero attached hydrogens (tertiary/aromatic N) is 1. The third kappa shape index (κ3) is 5.11. The van der Waals surface area contributed by atoms with Crippen molar-refractivity contribution in [2.45, 2.75) is 13.5 Å². The number of ether oxygens (including phenoxy) is 3. The summed E-state index contributed by atoms with van der Waals surface area (Å²) in [7, 11) is 3.16. The monoisotopic (exact) mass is 412 g/mol. The number of amides is 1. The van der Waals surface area contributed by atoms with Crippen LogP contribution in [0.2, 0.25) is 0 Å². The fourth-order valence-electron chi connectivity index (χ4n) is 2.63. The second-order valence-corrected chi connectivity index (χ2v) is 6.91. The van der Waals surface area contributed by atoms with Gasteiger partial charge in [0.05, 0.1) is 25.5 Å². The van der Waals surface area contributed by atoms with Crippen LogP contribution >= 0.6 is 11.3 Å². The zero-order chi connectivity index (χ0) is 20.8. The molecule has 150 valence electrons. The minimum atomic E-state index is -0.488. The molecule has 8 heteroatoms. The second kappa shape index (κ2) is 9.20. The summed E-state index contributed by atoms with van der Waals surface area (Å²) in [6, 6.07) is 12.1. The number of hydrogen-bond acceptors (Lipinski definition) is 7. The van der Waals surface area contributed by atoms with Gasteiger partial charge in [0.15, 0.2) is 11.5 Å². The summed E-state index contributed by atoms with van der Waals surface area (Å²) >= 11 is 1.45. The lowest BCUT2D eigenvalue weighted by molar-refractivity contribution is -0.114. The Kier molecular flexibility index (Phi) is 6.46. The lowest BCUT2D eigenvalue weighted by atomic mass is 10.2. The molecule has 1 heterocycles. The molecular formula is C21H20N2O5S. The van der Waals surface area contributed by atoms with Crippen molar-refractivity contribution in [1.29, 1.82) is 0 Å². The van der Waals surface area contributed by atoms with E-state index in [0.717, 1.165) is 10.6 Å². The first-order valence-corrected chi connectivity index (χ1v) is 9.59. The molecule has 0 atom stereocenters. The van der Waals surface area contributed by atoms with Crippen molar-refractivity contribution in [2.75, 3.05) is 19.5 Å². The number of nitrogens with one attached hydrogen (secondary N) is 1. The molecule has 1 aromatic heterocycles. The van der Waals surface area contributed by atoms with Gasteiger partial charge < -0.3 is 19.5 Å². The Bertz CT molecular complexity index is 1030. The highest BCUT2D eigenvalue weighted by Gasteiger charge is 2.12. The highest BCUT2D eigenvalue weighted by atomic mass is 32.1. The van der Waals surface area contributed by atoms with Gasteiger partial charge in [-0.05, 0) is 36.4 Å². The molecule has 0 fully saturated rings. The van der Waals surface area contributed by atoms with Crippen LogP contribution in [0.4, 0.5) is 5.69 Å². The molecule has 0 aliphatic rings. The molecule has 0 bridgehead atoms. The molecule has 2 aromatic carbocycles. The Morgan fingerprint density at radius 1 is 1.07 bits per heavy atom. The zero-order valence-electron chi connectivity index (χ0n) is 16.2. The Labute approximate surface area is 172 Å². The summed E-state index contributed by atoms with van der Waals surface area (Å²) in [6.45, 7) is 1.45. The summed E-state index contributed by atoms with van der Waals surface area (Å²) < 4.78 is 15.9. The molecule has 0 radical (unpaired) electrons. The molecule has 1 amide bonds. The van der Waals surface area contributed by atoms with Gasteiger partial charge in [-0.2, -0.15) is 0 Å². The van der Waals surface area contributed by atoms with Crippen LogP contribution in [0.5, 0.6) is 11.5 Å². The van der Waals surface area contributed by atoms with Crippen LogP contribution in [0.3, 0.4) is 0 Å². The molecule has 0 saturated carbocycles. The SMILES string of the molecule is COc1ccc(-c2nc(COC(=O)c3cccc(NC(C)=O)c3)cs2)cc1OC. The van der Waals surface area contributed by atoms with Gasteiger partial charge in [0.25, 0.3) is 0 Å². The minimum Gasteiger partial charge on any atom is -0.493 e. The number of esters is 1. The number of aromatic nitrogens is 1. The van der Waals surface area contributed by atoms with E-state index in [9.17, 15) is 9.59 Å². The summed E-state index contributed by atoms with van der Waals surface area (Å²) in [6.07, 6.45) is 0. The van der Waals surface area contributed by atoms with Crippen molar-refractivity contribution in [3.8, 4) is 22.1 Å². The number of anilines is 1. The van der Waals surface area contributed by atoms with Crippen LogP contribution < -0.4 is 14.8 Å². The van der Waals surface area contributed by atoms with E-state index in [1.54, 1.807) is 38.5 Å². The van der Waals surface area contributed by atoms with Crippen molar-refractivity contribution in [3.05, 3.63) is 59.1 Å². The maximum atomic E-state index is 12.3. The lowest BCUT2D eigenvalue weighted by Crippen LogP contribution is -2.09. The van der Waals surface area contributed by atoms with Crippen molar-refractivity contribution >= 4 is 28.9 Å². The maximum absolute atomic E-state index is 12.3. The first-order valence-electron chi connectivity index (χ1n) is 8.71. The van der Waals surface area contributed by atoms with Gasteiger partial charge in [0.1, 0.15) is 11.6 Å². The van der Waals surface area contributed by atoms with E-state index in [1.165, 1.54) is 18.3 Å². The standard InChI is InChI=1S/C21H20N2O5S/c1-13(24)22-16-6-4-5-15(9-16)21(25)28-11-17-12-29-20(23-17)14-7-8-18(26-2)19(10-14)27-3/h4-10,12H,11H2,1-3H3,(H,22,24). The Morgan fingerprint density at radius 3 is 2.59 bits per heavy atom. The number of rotatable bonds is 7. The van der Waals surface area contributed by atoms with Crippen LogP contribution in [-0.4, -0.2) is 31.1 Å². The van der Waals surface area contributed by atoms with Crippen LogP contribution in [0, 0.1) is 0 Å². The Morgan fingerprint density at radius 2 is 1.86 bits per heavy atom. The second-order valence-electron chi connectivity index (χ2n) is 6.05. The first kappa shape index (κ1) is 20.3. The van der Waals surface area contributed by atoms with Gasteiger partial charge in [-0.1, -0.05) is 6.07 Å². The summed E-state index contributed by atoms with van der Waals surface area (Å²) in [5.74, 6) is 0.564. The minimum absolute atomic E-state index is 0.0486. The summed E-state index contributed by atoms with van der Waals surface area (Å²) in [5, 5.41) is 5.26. The Hall–Kier alpha value is -3.39. The van der Waals surface area contributed by atoms with Crippen LogP contribution in [-0.2, 0) is 16.1 Å². The van der Waals surface area contributed by atoms with Gasteiger partial charge >= 0.3 is 5.97 Å². The number of carbonyl (C=O) groups excluding carboxylic acids is 2. The summed E-state index contributed by atoms with van der Waals surface area (Å²) in [4.78, 5) is 28.0. The number of thiazole rings is 1. The van der Waals surface area contributed by atoms with E-state index in [2.05, 4.69) is 10.3 Å². The van der Waals surface area contributed by atoms with Gasteiger partial charge in [-0.15, -0.1) is 11.3 Å². The molecule has 7 nitrogen and oxygen atoms in total. The van der Waals surface area contributed by atoms with Crippen LogP contribution in [0.25, 0.3) is 10.6 Å². The fraction of sp³-hybridized carbons (Fsp3) is 0.190. The largest absolute Gasteiger partial charge is 0.493 e. The molecule has 0 aliphatic carbocycles. The highest BCUT2D eigenvalue weighted by Crippen LogP contribution is 2.33. The van der Waals surface area contributed by atoms with Gasteiger partial charge in [0, 0.05) is 23.6 Å². The average molecular weight is 412 g/mol. The van der Waals surface area contributed by atoms with E-state index < -0.39 is 5.97 Å². The number of carbonyl (C=O) groups is 2. The van der Waals surface area contributed by atoms with E-state index >= 15 is 0 Å². The topological polar surface area (TPSA) is 86.8 Å². The smallest absolute Gasteiger partial charge is 0.338 e. The Balaban J connectivity index is 1.66. The van der Waals surface area contributed by atoms with E-state index in [-0.39, 0.29) is 12.5 Å². The number of methoxy groups -OCH3 is 2.